The fraction of sp³-hybridized carbons (Fsp3) is 0.429. The minimum Gasteiger partial charge on any atom is -0.393 e. The highest BCUT2D eigenvalue weighted by Gasteiger charge is 2.11. The molecule has 0 bridgehead atoms. The lowest BCUT2D eigenvalue weighted by Crippen LogP contribution is -2.04. The van der Waals surface area contributed by atoms with Gasteiger partial charge < -0.3 is 9.63 Å². The molecule has 0 aliphatic carbocycles. The topological polar surface area (TPSA) is 101 Å². The van der Waals surface area contributed by atoms with Crippen molar-refractivity contribution in [1.82, 2.24) is 25.6 Å². The van der Waals surface area contributed by atoms with Crippen LogP contribution in [0, 0.1) is 0 Å². The van der Waals surface area contributed by atoms with Crippen LogP contribution < -0.4 is 0 Å². The Morgan fingerprint density at radius 2 is 2.50 bits per heavy atom. The van der Waals surface area contributed by atoms with Crippen LogP contribution in [0.4, 0.5) is 0 Å². The Hall–Kier alpha value is -1.76. The van der Waals surface area contributed by atoms with Gasteiger partial charge >= 0.3 is 0 Å². The molecule has 0 amide bonds. The molecule has 2 rings (SSSR count). The van der Waals surface area contributed by atoms with Gasteiger partial charge in [0, 0.05) is 0 Å². The predicted octanol–water partition coefficient (Wildman–Crippen LogP) is -0.222. The van der Waals surface area contributed by atoms with Gasteiger partial charge in [-0.15, -0.1) is 0 Å². The summed E-state index contributed by atoms with van der Waals surface area (Å²) in [6, 6.07) is 0. The second-order valence-electron chi connectivity index (χ2n) is 2.92. The number of rotatable bonds is 3. The quantitative estimate of drug-likeness (QED) is 0.702. The normalized spacial score (nSPS) is 13.0. The van der Waals surface area contributed by atoms with Crippen molar-refractivity contribution in [2.75, 3.05) is 0 Å². The molecular weight excluding hydrogens is 186 g/mol. The molecule has 0 aromatic carbocycles. The average molecular weight is 195 g/mol. The molecular formula is C7H9N5O2. The Labute approximate surface area is 79.1 Å². The van der Waals surface area contributed by atoms with Crippen LogP contribution in [0.25, 0.3) is 11.5 Å². The van der Waals surface area contributed by atoms with E-state index in [1.165, 1.54) is 6.20 Å². The zero-order valence-electron chi connectivity index (χ0n) is 7.51. The first-order chi connectivity index (χ1) is 6.75. The van der Waals surface area contributed by atoms with E-state index in [1.54, 1.807) is 6.92 Å². The molecule has 0 radical (unpaired) electrons. The Morgan fingerprint density at radius 3 is 3.14 bits per heavy atom. The Bertz CT molecular complexity index is 394. The first-order valence-corrected chi connectivity index (χ1v) is 4.12. The second-order valence-corrected chi connectivity index (χ2v) is 2.92. The summed E-state index contributed by atoms with van der Waals surface area (Å²) >= 11 is 0. The fourth-order valence-corrected chi connectivity index (χ4v) is 1.00. The molecule has 1 unspecified atom stereocenters. The van der Waals surface area contributed by atoms with Crippen LogP contribution in [-0.4, -0.2) is 36.8 Å². The zero-order chi connectivity index (χ0) is 9.97. The summed E-state index contributed by atoms with van der Waals surface area (Å²) in [7, 11) is 0. The average Bonchev–Trinajstić information content (AvgIpc) is 2.69. The summed E-state index contributed by atoms with van der Waals surface area (Å²) in [4.78, 5) is 4.03. The number of hydrogen-bond donors (Lipinski definition) is 2. The van der Waals surface area contributed by atoms with Crippen LogP contribution in [0.1, 0.15) is 12.8 Å². The van der Waals surface area contributed by atoms with E-state index in [0.717, 1.165) is 0 Å². The van der Waals surface area contributed by atoms with Crippen molar-refractivity contribution < 1.29 is 9.63 Å². The molecule has 7 nitrogen and oxygen atoms in total. The molecule has 0 fully saturated rings. The van der Waals surface area contributed by atoms with Crippen molar-refractivity contribution in [2.45, 2.75) is 19.4 Å². The summed E-state index contributed by atoms with van der Waals surface area (Å²) in [6.45, 7) is 1.65. The first kappa shape index (κ1) is 8.82. The van der Waals surface area contributed by atoms with Crippen LogP contribution in [0.2, 0.25) is 0 Å². The van der Waals surface area contributed by atoms with Gasteiger partial charge in [-0.05, 0) is 6.92 Å². The van der Waals surface area contributed by atoms with E-state index in [9.17, 15) is 0 Å². The number of nitrogens with one attached hydrogen (secondary N) is 1. The van der Waals surface area contributed by atoms with Gasteiger partial charge in [-0.1, -0.05) is 5.16 Å². The smallest absolute Gasteiger partial charge is 0.229 e. The molecule has 1 atom stereocenters. The van der Waals surface area contributed by atoms with Gasteiger partial charge in [-0.3, -0.25) is 0 Å². The molecule has 2 aromatic heterocycles. The lowest BCUT2D eigenvalue weighted by molar-refractivity contribution is 0.181. The Morgan fingerprint density at radius 1 is 1.64 bits per heavy atom. The maximum absolute atomic E-state index is 9.08. The highest BCUT2D eigenvalue weighted by molar-refractivity contribution is 5.44. The van der Waals surface area contributed by atoms with Gasteiger partial charge in [-0.2, -0.15) is 20.4 Å². The van der Waals surface area contributed by atoms with Crippen LogP contribution in [0.3, 0.4) is 0 Å². The fourth-order valence-electron chi connectivity index (χ4n) is 1.00. The summed E-state index contributed by atoms with van der Waals surface area (Å²) < 4.78 is 4.90. The molecule has 0 saturated carbocycles. The highest BCUT2D eigenvalue weighted by atomic mass is 16.5. The van der Waals surface area contributed by atoms with Crippen molar-refractivity contribution in [2.24, 2.45) is 0 Å². The molecule has 0 saturated heterocycles. The van der Waals surface area contributed by atoms with E-state index >= 15 is 0 Å². The first-order valence-electron chi connectivity index (χ1n) is 4.12. The van der Waals surface area contributed by atoms with Gasteiger partial charge in [0.1, 0.15) is 0 Å². The van der Waals surface area contributed by atoms with Gasteiger partial charge in [0.05, 0.1) is 18.7 Å². The number of aromatic nitrogens is 5. The van der Waals surface area contributed by atoms with Gasteiger partial charge in [0.25, 0.3) is 0 Å². The van der Waals surface area contributed by atoms with E-state index in [0.29, 0.717) is 23.8 Å². The molecule has 0 aliphatic rings. The van der Waals surface area contributed by atoms with E-state index in [-0.39, 0.29) is 0 Å². The third-order valence-corrected chi connectivity index (χ3v) is 1.58. The number of hydrogen-bond acceptors (Lipinski definition) is 6. The minimum absolute atomic E-state index is 0.338. The summed E-state index contributed by atoms with van der Waals surface area (Å²) in [5, 5.41) is 22.6. The summed E-state index contributed by atoms with van der Waals surface area (Å²) in [5.41, 5.74) is 0.519. The van der Waals surface area contributed by atoms with Crippen molar-refractivity contribution >= 4 is 0 Å². The Kier molecular flexibility index (Phi) is 2.23. The van der Waals surface area contributed by atoms with Crippen LogP contribution in [0.15, 0.2) is 10.7 Å². The monoisotopic (exact) mass is 195 g/mol. The molecule has 7 heteroatoms. The second kappa shape index (κ2) is 3.54. The Balaban J connectivity index is 2.18. The third-order valence-electron chi connectivity index (χ3n) is 1.58. The van der Waals surface area contributed by atoms with Crippen LogP contribution in [0.5, 0.6) is 0 Å². The minimum atomic E-state index is -0.499. The molecule has 14 heavy (non-hydrogen) atoms. The number of nitrogens with zero attached hydrogens (tertiary/aromatic N) is 4. The zero-order valence-corrected chi connectivity index (χ0v) is 7.51. The number of aliphatic hydroxyl groups excluding tert-OH is 1. The maximum Gasteiger partial charge on any atom is 0.229 e. The SMILES string of the molecule is CC(O)Cc1nc(-c2cn[nH]n2)no1. The molecule has 74 valence electrons. The lowest BCUT2D eigenvalue weighted by atomic mass is 10.3. The predicted molar refractivity (Wildman–Crippen MR) is 45.1 cm³/mol. The van der Waals surface area contributed by atoms with Crippen molar-refractivity contribution in [3.63, 3.8) is 0 Å². The van der Waals surface area contributed by atoms with Gasteiger partial charge in [-0.25, -0.2) is 0 Å². The number of H-pyrrole nitrogens is 1. The maximum atomic E-state index is 9.08. The van der Waals surface area contributed by atoms with Crippen LogP contribution >= 0.6 is 0 Å². The summed E-state index contributed by atoms with van der Waals surface area (Å²) in [5.74, 6) is 0.757. The van der Waals surface area contributed by atoms with Crippen molar-refractivity contribution in [3.8, 4) is 11.5 Å². The van der Waals surface area contributed by atoms with E-state index in [4.69, 9.17) is 9.63 Å². The lowest BCUT2D eigenvalue weighted by Gasteiger charge is -1.95. The third kappa shape index (κ3) is 1.77. The molecule has 2 N–H and O–H groups in total. The molecule has 0 spiro atoms. The largest absolute Gasteiger partial charge is 0.393 e. The molecule has 2 aromatic rings. The van der Waals surface area contributed by atoms with E-state index < -0.39 is 6.10 Å². The van der Waals surface area contributed by atoms with Crippen LogP contribution in [-0.2, 0) is 6.42 Å². The molecule has 0 aliphatic heterocycles. The standard InChI is InChI=1S/C7H9N5O2/c1-4(13)2-6-9-7(11-14-6)5-3-8-12-10-5/h3-4,13H,2H2,1H3,(H,8,10,12). The van der Waals surface area contributed by atoms with Crippen molar-refractivity contribution in [3.05, 3.63) is 12.1 Å². The summed E-state index contributed by atoms with van der Waals surface area (Å²) in [6.07, 6.45) is 1.34. The number of aromatic amines is 1. The highest BCUT2D eigenvalue weighted by Crippen LogP contribution is 2.11. The van der Waals surface area contributed by atoms with Gasteiger partial charge in [0.2, 0.25) is 11.7 Å². The number of aliphatic hydroxyl groups is 1. The van der Waals surface area contributed by atoms with Gasteiger partial charge in [0.15, 0.2) is 5.69 Å². The van der Waals surface area contributed by atoms with E-state index in [2.05, 4.69) is 25.6 Å². The van der Waals surface area contributed by atoms with E-state index in [1.807, 2.05) is 0 Å². The van der Waals surface area contributed by atoms with Crippen molar-refractivity contribution in [1.29, 1.82) is 0 Å². The molecule has 2 heterocycles.